The van der Waals surface area contributed by atoms with Crippen molar-refractivity contribution in [1.29, 1.82) is 0 Å². The van der Waals surface area contributed by atoms with Crippen LogP contribution >= 0.6 is 11.6 Å². The van der Waals surface area contributed by atoms with Crippen LogP contribution in [0.2, 0.25) is 5.02 Å². The average Bonchev–Trinajstić information content (AvgIpc) is 2.51. The molecular weight excluding hydrogens is 320 g/mol. The molecule has 0 unspecified atom stereocenters. The summed E-state index contributed by atoms with van der Waals surface area (Å²) in [5.74, 6) is -1.56. The van der Waals surface area contributed by atoms with E-state index in [1.807, 2.05) is 0 Å². The van der Waals surface area contributed by atoms with Crippen molar-refractivity contribution in [3.05, 3.63) is 63.3 Å². The summed E-state index contributed by atoms with van der Waals surface area (Å²) in [6.45, 7) is 0. The summed E-state index contributed by atoms with van der Waals surface area (Å²) < 4.78 is 5.62. The first-order valence-corrected chi connectivity index (χ1v) is 7.10. The van der Waals surface area contributed by atoms with E-state index >= 15 is 0 Å². The van der Waals surface area contributed by atoms with Gasteiger partial charge in [0.15, 0.2) is 11.3 Å². The number of carboxylic acid groups (broad SMARTS) is 1. The van der Waals surface area contributed by atoms with E-state index in [1.54, 1.807) is 30.3 Å². The van der Waals surface area contributed by atoms with Gasteiger partial charge in [-0.05, 0) is 17.7 Å². The zero-order valence-electron chi connectivity index (χ0n) is 11.7. The highest BCUT2D eigenvalue weighted by atomic mass is 35.5. The fourth-order valence-electron chi connectivity index (χ4n) is 2.36. The third-order valence-electron chi connectivity index (χ3n) is 3.37. The molecule has 1 heterocycles. The van der Waals surface area contributed by atoms with E-state index in [4.69, 9.17) is 21.1 Å². The van der Waals surface area contributed by atoms with Gasteiger partial charge in [-0.25, -0.2) is 0 Å². The van der Waals surface area contributed by atoms with Crippen LogP contribution in [0.4, 0.5) is 0 Å². The molecule has 0 spiro atoms. The molecule has 0 aliphatic rings. The maximum Gasteiger partial charge on any atom is 0.307 e. The van der Waals surface area contributed by atoms with Crippen molar-refractivity contribution in [3.8, 4) is 17.1 Å². The Hall–Kier alpha value is -2.79. The lowest BCUT2D eigenvalue weighted by atomic mass is 10.1. The Labute approximate surface area is 135 Å². The Morgan fingerprint density at radius 3 is 2.52 bits per heavy atom. The Kier molecular flexibility index (Phi) is 3.80. The van der Waals surface area contributed by atoms with Crippen LogP contribution in [-0.2, 0) is 11.2 Å². The Morgan fingerprint density at radius 2 is 1.87 bits per heavy atom. The average molecular weight is 331 g/mol. The first-order valence-electron chi connectivity index (χ1n) is 6.73. The zero-order chi connectivity index (χ0) is 16.6. The molecule has 0 radical (unpaired) electrons. The molecule has 3 rings (SSSR count). The summed E-state index contributed by atoms with van der Waals surface area (Å²) in [5, 5.41) is 19.2. The van der Waals surface area contributed by atoms with Crippen LogP contribution in [0, 0.1) is 0 Å². The van der Waals surface area contributed by atoms with Crippen molar-refractivity contribution < 1.29 is 19.4 Å². The van der Waals surface area contributed by atoms with Gasteiger partial charge >= 0.3 is 5.97 Å². The monoisotopic (exact) mass is 330 g/mol. The van der Waals surface area contributed by atoms with Gasteiger partial charge in [0.25, 0.3) is 0 Å². The predicted octanol–water partition coefficient (Wildman–Crippen LogP) is 3.45. The molecule has 0 amide bonds. The molecule has 0 aliphatic carbocycles. The van der Waals surface area contributed by atoms with Gasteiger partial charge in [-0.15, -0.1) is 0 Å². The van der Waals surface area contributed by atoms with Gasteiger partial charge < -0.3 is 14.6 Å². The predicted molar refractivity (Wildman–Crippen MR) is 85.9 cm³/mol. The maximum atomic E-state index is 12.4. The number of rotatable bonds is 3. The van der Waals surface area contributed by atoms with Crippen LogP contribution in [0.3, 0.4) is 0 Å². The quantitative estimate of drug-likeness (QED) is 0.768. The molecule has 2 aromatic carbocycles. The summed E-state index contributed by atoms with van der Waals surface area (Å²) in [7, 11) is 0. The van der Waals surface area contributed by atoms with Gasteiger partial charge in [-0.2, -0.15) is 0 Å². The molecule has 116 valence electrons. The van der Waals surface area contributed by atoms with Crippen molar-refractivity contribution in [1.82, 2.24) is 0 Å². The number of hydrogen-bond acceptors (Lipinski definition) is 4. The molecule has 2 N–H and O–H groups in total. The number of benzene rings is 2. The Balaban J connectivity index is 2.29. The molecule has 3 aromatic rings. The molecule has 23 heavy (non-hydrogen) atoms. The number of aromatic hydroxyl groups is 1. The van der Waals surface area contributed by atoms with Gasteiger partial charge in [0.05, 0.1) is 16.8 Å². The minimum absolute atomic E-state index is 0.0241. The number of carbonyl (C=O) groups is 1. The summed E-state index contributed by atoms with van der Waals surface area (Å²) in [6.07, 6.45) is -0.281. The van der Waals surface area contributed by atoms with Gasteiger partial charge in [0.2, 0.25) is 11.2 Å². The summed E-state index contributed by atoms with van der Waals surface area (Å²) in [5.41, 5.74) is 0.352. The molecule has 6 heteroatoms. The minimum atomic E-state index is -1.05. The summed E-state index contributed by atoms with van der Waals surface area (Å²) in [6, 6.07) is 11.5. The van der Waals surface area contributed by atoms with E-state index in [9.17, 15) is 14.7 Å². The van der Waals surface area contributed by atoms with E-state index in [-0.39, 0.29) is 28.2 Å². The number of aliphatic carboxylic acids is 1. The second-order valence-corrected chi connectivity index (χ2v) is 5.41. The van der Waals surface area contributed by atoms with Crippen molar-refractivity contribution in [2.75, 3.05) is 0 Å². The van der Waals surface area contributed by atoms with Crippen LogP contribution < -0.4 is 5.43 Å². The smallest absolute Gasteiger partial charge is 0.307 e. The lowest BCUT2D eigenvalue weighted by molar-refractivity contribution is -0.136. The third kappa shape index (κ3) is 2.78. The molecule has 0 atom stereocenters. The van der Waals surface area contributed by atoms with Crippen molar-refractivity contribution in [3.63, 3.8) is 0 Å². The maximum absolute atomic E-state index is 12.4. The normalized spacial score (nSPS) is 10.8. The van der Waals surface area contributed by atoms with Gasteiger partial charge in [-0.3, -0.25) is 9.59 Å². The van der Waals surface area contributed by atoms with E-state index in [0.717, 1.165) is 0 Å². The van der Waals surface area contributed by atoms with Gasteiger partial charge in [0, 0.05) is 5.56 Å². The first kappa shape index (κ1) is 15.1. The highest BCUT2D eigenvalue weighted by Gasteiger charge is 2.18. The number of hydrogen-bond donors (Lipinski definition) is 2. The van der Waals surface area contributed by atoms with Crippen LogP contribution in [0.15, 0.2) is 51.7 Å². The van der Waals surface area contributed by atoms with Crippen LogP contribution in [-0.4, -0.2) is 16.2 Å². The third-order valence-corrected chi connectivity index (χ3v) is 3.65. The first-order chi connectivity index (χ1) is 11.0. The lowest BCUT2D eigenvalue weighted by Crippen LogP contribution is -2.05. The fraction of sp³-hybridized carbons (Fsp3) is 0.0588. The van der Waals surface area contributed by atoms with E-state index < -0.39 is 17.1 Å². The number of carboxylic acids is 1. The number of fused-ring (bicyclic) bond motifs is 1. The highest BCUT2D eigenvalue weighted by Crippen LogP contribution is 2.33. The lowest BCUT2D eigenvalue weighted by Gasteiger charge is -2.08. The largest absolute Gasteiger partial charge is 0.502 e. The van der Waals surface area contributed by atoms with Crippen molar-refractivity contribution >= 4 is 28.5 Å². The SMILES string of the molecule is O=C(O)Cc1cc(Cl)c2oc(-c3ccccc3)c(O)c(=O)c2c1. The van der Waals surface area contributed by atoms with Crippen LogP contribution in [0.25, 0.3) is 22.3 Å². The fourth-order valence-corrected chi connectivity index (χ4v) is 2.65. The molecule has 0 fully saturated rings. The Bertz CT molecular complexity index is 960. The highest BCUT2D eigenvalue weighted by molar-refractivity contribution is 6.35. The van der Waals surface area contributed by atoms with Gasteiger partial charge in [-0.1, -0.05) is 41.9 Å². The molecule has 5 nitrogen and oxygen atoms in total. The van der Waals surface area contributed by atoms with Crippen LogP contribution in [0.1, 0.15) is 5.56 Å². The summed E-state index contributed by atoms with van der Waals surface area (Å²) in [4.78, 5) is 23.2. The van der Waals surface area contributed by atoms with E-state index in [2.05, 4.69) is 0 Å². The summed E-state index contributed by atoms with van der Waals surface area (Å²) >= 11 is 6.12. The van der Waals surface area contributed by atoms with Crippen molar-refractivity contribution in [2.24, 2.45) is 0 Å². The van der Waals surface area contributed by atoms with Crippen LogP contribution in [0.5, 0.6) is 5.75 Å². The minimum Gasteiger partial charge on any atom is -0.502 e. The topological polar surface area (TPSA) is 87.7 Å². The number of halogens is 1. The molecular formula is C17H11ClO5. The van der Waals surface area contributed by atoms with Crippen molar-refractivity contribution in [2.45, 2.75) is 6.42 Å². The Morgan fingerprint density at radius 1 is 1.17 bits per heavy atom. The molecule has 0 saturated heterocycles. The molecule has 1 aromatic heterocycles. The standard InChI is InChI=1S/C17H11ClO5/c18-12-7-9(8-13(19)20)6-11-14(21)15(22)16(23-17(11)12)10-4-2-1-3-5-10/h1-7,22H,8H2,(H,19,20). The van der Waals surface area contributed by atoms with Gasteiger partial charge in [0.1, 0.15) is 0 Å². The second-order valence-electron chi connectivity index (χ2n) is 5.00. The molecule has 0 saturated carbocycles. The zero-order valence-corrected chi connectivity index (χ0v) is 12.5. The second kappa shape index (κ2) is 5.78. The van der Waals surface area contributed by atoms with E-state index in [1.165, 1.54) is 12.1 Å². The molecule has 0 bridgehead atoms. The molecule has 0 aliphatic heterocycles. The van der Waals surface area contributed by atoms with E-state index in [0.29, 0.717) is 11.1 Å².